The Morgan fingerprint density at radius 2 is 2.00 bits per heavy atom. The third-order valence-corrected chi connectivity index (χ3v) is 7.28. The molecule has 0 radical (unpaired) electrons. The summed E-state index contributed by atoms with van der Waals surface area (Å²) < 4.78 is 8.71. The van der Waals surface area contributed by atoms with Crippen LogP contribution < -0.4 is 4.74 Å². The third kappa shape index (κ3) is 5.25. The van der Waals surface area contributed by atoms with E-state index in [1.54, 1.807) is 17.4 Å². The first kappa shape index (κ1) is 22.0. The highest BCUT2D eigenvalue weighted by Gasteiger charge is 2.32. The van der Waals surface area contributed by atoms with E-state index in [0.29, 0.717) is 18.6 Å². The van der Waals surface area contributed by atoms with Crippen molar-refractivity contribution in [3.8, 4) is 5.75 Å². The van der Waals surface area contributed by atoms with Crippen molar-refractivity contribution in [2.75, 3.05) is 13.1 Å². The molecule has 9 heteroatoms. The molecule has 172 valence electrons. The molecule has 2 fully saturated rings. The van der Waals surface area contributed by atoms with Crippen molar-refractivity contribution in [3.63, 3.8) is 0 Å². The van der Waals surface area contributed by atoms with E-state index in [4.69, 9.17) is 17.0 Å². The van der Waals surface area contributed by atoms with Gasteiger partial charge in [0.2, 0.25) is 5.91 Å². The van der Waals surface area contributed by atoms with Gasteiger partial charge in [0.1, 0.15) is 18.2 Å². The summed E-state index contributed by atoms with van der Waals surface area (Å²) >= 11 is 7.03. The number of aromatic nitrogens is 4. The van der Waals surface area contributed by atoms with Gasteiger partial charge in [0.25, 0.3) is 0 Å². The van der Waals surface area contributed by atoms with E-state index in [1.165, 1.54) is 12.8 Å². The largest absolute Gasteiger partial charge is 0.487 e. The van der Waals surface area contributed by atoms with Gasteiger partial charge in [0.15, 0.2) is 4.77 Å². The SMILES string of the molecule is Cc1nc(COc2ccc(C=CC(=O)N3CCC(c4n[nH]c(=S)n4C4CC4)CC3)cc2)cs1. The number of nitrogens with one attached hydrogen (secondary N) is 1. The van der Waals surface area contributed by atoms with Gasteiger partial charge in [-0.2, -0.15) is 5.10 Å². The third-order valence-electron chi connectivity index (χ3n) is 6.17. The van der Waals surface area contributed by atoms with Crippen LogP contribution in [-0.2, 0) is 11.4 Å². The molecule has 1 aromatic carbocycles. The number of ether oxygens (including phenoxy) is 1. The lowest BCUT2D eigenvalue weighted by Gasteiger charge is -2.31. The second kappa shape index (κ2) is 9.61. The summed E-state index contributed by atoms with van der Waals surface area (Å²) in [6.07, 6.45) is 7.71. The van der Waals surface area contributed by atoms with E-state index in [9.17, 15) is 4.79 Å². The van der Waals surface area contributed by atoms with Crippen molar-refractivity contribution in [2.45, 2.75) is 51.2 Å². The monoisotopic (exact) mass is 481 g/mol. The van der Waals surface area contributed by atoms with E-state index in [-0.39, 0.29) is 5.91 Å². The van der Waals surface area contributed by atoms with Crippen LogP contribution >= 0.6 is 23.6 Å². The van der Waals surface area contributed by atoms with Crippen molar-refractivity contribution in [2.24, 2.45) is 0 Å². The van der Waals surface area contributed by atoms with Gasteiger partial charge >= 0.3 is 0 Å². The molecule has 0 atom stereocenters. The highest BCUT2D eigenvalue weighted by molar-refractivity contribution is 7.71. The number of aromatic amines is 1. The van der Waals surface area contributed by atoms with Crippen LogP contribution in [0.4, 0.5) is 0 Å². The molecule has 0 bridgehead atoms. The molecule has 2 aliphatic rings. The molecule has 1 saturated heterocycles. The van der Waals surface area contributed by atoms with E-state index in [2.05, 4.69) is 19.7 Å². The van der Waals surface area contributed by atoms with Crippen molar-refractivity contribution in [1.82, 2.24) is 24.6 Å². The number of carbonyl (C=O) groups excluding carboxylic acids is 1. The number of likely N-dealkylation sites (tertiary alicyclic amines) is 1. The van der Waals surface area contributed by atoms with Crippen LogP contribution in [0.25, 0.3) is 6.08 Å². The number of H-pyrrole nitrogens is 1. The van der Waals surface area contributed by atoms with E-state index in [0.717, 1.165) is 58.5 Å². The van der Waals surface area contributed by atoms with Crippen LogP contribution in [0.1, 0.15) is 59.7 Å². The quantitative estimate of drug-likeness (QED) is 0.378. The molecule has 33 heavy (non-hydrogen) atoms. The number of benzene rings is 1. The highest BCUT2D eigenvalue weighted by Crippen LogP contribution is 2.39. The molecule has 1 amide bonds. The smallest absolute Gasteiger partial charge is 0.246 e. The van der Waals surface area contributed by atoms with Crippen molar-refractivity contribution < 1.29 is 9.53 Å². The average molecular weight is 482 g/mol. The lowest BCUT2D eigenvalue weighted by atomic mass is 9.95. The zero-order valence-corrected chi connectivity index (χ0v) is 20.2. The van der Waals surface area contributed by atoms with Gasteiger partial charge in [-0.15, -0.1) is 11.3 Å². The number of amides is 1. The van der Waals surface area contributed by atoms with Gasteiger partial charge in [-0.3, -0.25) is 9.89 Å². The van der Waals surface area contributed by atoms with Crippen molar-refractivity contribution in [1.29, 1.82) is 0 Å². The predicted octanol–water partition coefficient (Wildman–Crippen LogP) is 5.04. The number of thiazole rings is 1. The standard InChI is InChI=1S/C24H27N5O2S2/c1-16-25-19(15-33-16)14-31-21-7-2-17(3-8-21)4-9-22(30)28-12-10-18(11-13-28)23-26-27-24(32)29(23)20-5-6-20/h2-4,7-9,15,18,20H,5-6,10-14H2,1H3,(H,27,32). The number of carbonyl (C=O) groups is 1. The van der Waals surface area contributed by atoms with E-state index in [1.807, 2.05) is 47.5 Å². The molecule has 5 rings (SSSR count). The molecule has 1 aliphatic carbocycles. The summed E-state index contributed by atoms with van der Waals surface area (Å²) in [5, 5.41) is 10.5. The number of piperidine rings is 1. The molecule has 7 nitrogen and oxygen atoms in total. The molecule has 0 spiro atoms. The zero-order valence-electron chi connectivity index (χ0n) is 18.6. The first-order chi connectivity index (χ1) is 16.1. The number of hydrogen-bond acceptors (Lipinski definition) is 6. The van der Waals surface area contributed by atoms with Gasteiger partial charge in [0, 0.05) is 36.5 Å². The Hall–Kier alpha value is -2.78. The van der Waals surface area contributed by atoms with Gasteiger partial charge in [0.05, 0.1) is 10.7 Å². The minimum atomic E-state index is 0.0498. The molecule has 3 heterocycles. The first-order valence-electron chi connectivity index (χ1n) is 11.3. The highest BCUT2D eigenvalue weighted by atomic mass is 32.1. The number of hydrogen-bond donors (Lipinski definition) is 1. The fraction of sp³-hybridized carbons (Fsp3) is 0.417. The van der Waals surface area contributed by atoms with Crippen LogP contribution in [0.15, 0.2) is 35.7 Å². The summed E-state index contributed by atoms with van der Waals surface area (Å²) in [7, 11) is 0. The van der Waals surface area contributed by atoms with Crippen LogP contribution in [0.3, 0.4) is 0 Å². The summed E-state index contributed by atoms with van der Waals surface area (Å²) in [6, 6.07) is 8.26. The van der Waals surface area contributed by atoms with Gasteiger partial charge in [-0.05, 0) is 68.6 Å². The first-order valence-corrected chi connectivity index (χ1v) is 12.6. The van der Waals surface area contributed by atoms with Crippen LogP contribution in [0, 0.1) is 11.7 Å². The predicted molar refractivity (Wildman–Crippen MR) is 131 cm³/mol. The van der Waals surface area contributed by atoms with Crippen molar-refractivity contribution in [3.05, 3.63) is 62.6 Å². The fourth-order valence-corrected chi connectivity index (χ4v) is 5.11. The van der Waals surface area contributed by atoms with Gasteiger partial charge in [-0.25, -0.2) is 4.98 Å². The minimum Gasteiger partial charge on any atom is -0.487 e. The molecule has 0 unspecified atom stereocenters. The van der Waals surface area contributed by atoms with Gasteiger partial charge < -0.3 is 14.2 Å². The molecular formula is C24H27N5O2S2. The summed E-state index contributed by atoms with van der Waals surface area (Å²) in [5.41, 5.74) is 1.91. The van der Waals surface area contributed by atoms with Crippen LogP contribution in [0.2, 0.25) is 0 Å². The fourth-order valence-electron chi connectivity index (χ4n) is 4.23. The Morgan fingerprint density at radius 3 is 2.67 bits per heavy atom. The Kier molecular flexibility index (Phi) is 6.41. The maximum atomic E-state index is 12.7. The summed E-state index contributed by atoms with van der Waals surface area (Å²) in [6.45, 7) is 3.92. The molecule has 1 N–H and O–H groups in total. The molecule has 1 saturated carbocycles. The molecule has 1 aliphatic heterocycles. The number of aryl methyl sites for hydroxylation is 1. The van der Waals surface area contributed by atoms with E-state index < -0.39 is 0 Å². The average Bonchev–Trinajstić information content (AvgIpc) is 3.47. The summed E-state index contributed by atoms with van der Waals surface area (Å²) in [5.74, 6) is 2.26. The Labute approximate surface area is 202 Å². The van der Waals surface area contributed by atoms with E-state index >= 15 is 0 Å². The summed E-state index contributed by atoms with van der Waals surface area (Å²) in [4.78, 5) is 19.0. The van der Waals surface area contributed by atoms with Crippen molar-refractivity contribution >= 4 is 35.5 Å². The Morgan fingerprint density at radius 1 is 1.24 bits per heavy atom. The maximum Gasteiger partial charge on any atom is 0.246 e. The maximum absolute atomic E-state index is 12.7. The lowest BCUT2D eigenvalue weighted by molar-refractivity contribution is -0.127. The molecule has 2 aromatic heterocycles. The van der Waals surface area contributed by atoms with Crippen LogP contribution in [0.5, 0.6) is 5.75 Å². The molecule has 3 aromatic rings. The number of rotatable bonds is 7. The second-order valence-corrected chi connectivity index (χ2v) is 10.1. The topological polar surface area (TPSA) is 76.0 Å². The Bertz CT molecular complexity index is 1200. The Balaban J connectivity index is 1.12. The van der Waals surface area contributed by atoms with Gasteiger partial charge in [-0.1, -0.05) is 12.1 Å². The lowest BCUT2D eigenvalue weighted by Crippen LogP contribution is -2.37. The van der Waals surface area contributed by atoms with Crippen LogP contribution in [-0.4, -0.2) is 43.6 Å². The minimum absolute atomic E-state index is 0.0498. The number of nitrogens with zero attached hydrogens (tertiary/aromatic N) is 4. The molecular weight excluding hydrogens is 454 g/mol. The second-order valence-electron chi connectivity index (χ2n) is 8.64. The normalized spacial score (nSPS) is 17.1. The zero-order chi connectivity index (χ0) is 22.8.